The van der Waals surface area contributed by atoms with Crippen LogP contribution in [0.1, 0.15) is 42.3 Å². The van der Waals surface area contributed by atoms with Crippen molar-refractivity contribution in [2.75, 3.05) is 10.6 Å². The second-order valence-electron chi connectivity index (χ2n) is 9.88. The van der Waals surface area contributed by atoms with Crippen molar-refractivity contribution in [3.05, 3.63) is 77.3 Å². The summed E-state index contributed by atoms with van der Waals surface area (Å²) in [6.07, 6.45) is -3.76. The Balaban J connectivity index is 1.31. The molecule has 0 aliphatic carbocycles. The van der Waals surface area contributed by atoms with Gasteiger partial charge in [-0.2, -0.15) is 18.4 Å². The molecule has 2 aromatic carbocycles. The Kier molecular flexibility index (Phi) is 8.48. The molecule has 1 aromatic heterocycles. The summed E-state index contributed by atoms with van der Waals surface area (Å²) in [5.41, 5.74) is -0.141. The monoisotopic (exact) mass is 611 g/mol. The number of carbonyl (C=O) groups is 5. The van der Waals surface area contributed by atoms with E-state index in [9.17, 15) is 37.1 Å². The summed E-state index contributed by atoms with van der Waals surface area (Å²) >= 11 is 0. The maximum absolute atomic E-state index is 13.1. The summed E-state index contributed by atoms with van der Waals surface area (Å²) in [7, 11) is 0. The van der Waals surface area contributed by atoms with E-state index < -0.39 is 53.4 Å². The average molecular weight is 612 g/mol. The first kappa shape index (κ1) is 30.0. The highest BCUT2D eigenvalue weighted by atomic mass is 19.4. The second-order valence-corrected chi connectivity index (χ2v) is 9.88. The lowest BCUT2D eigenvalue weighted by atomic mass is 10.0. The summed E-state index contributed by atoms with van der Waals surface area (Å²) in [6, 6.07) is 8.94. The van der Waals surface area contributed by atoms with E-state index in [0.717, 1.165) is 23.1 Å². The maximum atomic E-state index is 13.1. The van der Waals surface area contributed by atoms with E-state index in [-0.39, 0.29) is 43.0 Å². The lowest BCUT2D eigenvalue weighted by molar-refractivity contribution is -0.149. The van der Waals surface area contributed by atoms with E-state index in [2.05, 4.69) is 41.9 Å². The number of halogens is 3. The quantitative estimate of drug-likeness (QED) is 0.210. The van der Waals surface area contributed by atoms with Gasteiger partial charge in [0.1, 0.15) is 11.7 Å². The number of imide groups is 2. The van der Waals surface area contributed by atoms with Crippen LogP contribution in [-0.2, 0) is 36.7 Å². The number of hydrogen-bond donors (Lipinski definition) is 5. The van der Waals surface area contributed by atoms with Crippen molar-refractivity contribution >= 4 is 40.9 Å². The summed E-state index contributed by atoms with van der Waals surface area (Å²) in [5, 5.41) is 24.1. The molecule has 14 nitrogen and oxygen atoms in total. The highest BCUT2D eigenvalue weighted by molar-refractivity contribution is 6.20. The number of hydrogen-bond acceptors (Lipinski definition) is 10. The average Bonchev–Trinajstić information content (AvgIpc) is 3.59. The van der Waals surface area contributed by atoms with Gasteiger partial charge in [0.05, 0.1) is 12.1 Å². The van der Waals surface area contributed by atoms with Crippen LogP contribution in [0.15, 0.2) is 60.3 Å². The molecule has 3 heterocycles. The zero-order chi connectivity index (χ0) is 31.4. The smallest absolute Gasteiger partial charge is 0.351 e. The fourth-order valence-corrected chi connectivity index (χ4v) is 4.74. The van der Waals surface area contributed by atoms with Gasteiger partial charge in [-0.05, 0) is 42.3 Å². The van der Waals surface area contributed by atoms with Crippen LogP contribution in [0.5, 0.6) is 0 Å². The van der Waals surface area contributed by atoms with Crippen molar-refractivity contribution in [2.24, 2.45) is 0 Å². The van der Waals surface area contributed by atoms with E-state index >= 15 is 0 Å². The van der Waals surface area contributed by atoms with Gasteiger partial charge >= 0.3 is 6.18 Å². The zero-order valence-electron chi connectivity index (χ0n) is 22.6. The van der Waals surface area contributed by atoms with Crippen LogP contribution in [-0.4, -0.2) is 61.1 Å². The number of carbonyl (C=O) groups excluding carboxylic acids is 5. The van der Waals surface area contributed by atoms with Gasteiger partial charge in [-0.1, -0.05) is 23.4 Å². The fraction of sp³-hybridized carbons (Fsp3) is 0.259. The minimum absolute atomic E-state index is 0.00897. The second kappa shape index (κ2) is 12.4. The molecule has 17 heteroatoms. The molecule has 2 atom stereocenters. The number of nitrogens with one attached hydrogen (secondary N) is 5. The number of rotatable bonds is 10. The Bertz CT molecular complexity index is 1640. The van der Waals surface area contributed by atoms with Gasteiger partial charge in [-0.3, -0.25) is 34.2 Å². The van der Waals surface area contributed by atoms with Crippen molar-refractivity contribution in [1.29, 1.82) is 0 Å². The molecule has 1 fully saturated rings. The molecule has 5 rings (SSSR count). The van der Waals surface area contributed by atoms with Gasteiger partial charge < -0.3 is 16.0 Å². The predicted octanol–water partition coefficient (Wildman–Crippen LogP) is 1.55. The number of benzene rings is 2. The summed E-state index contributed by atoms with van der Waals surface area (Å²) in [4.78, 5) is 63.1. The molecule has 5 amide bonds. The van der Waals surface area contributed by atoms with Crippen LogP contribution in [0.3, 0.4) is 0 Å². The number of aromatic amines is 1. The van der Waals surface area contributed by atoms with Crippen molar-refractivity contribution in [1.82, 2.24) is 36.2 Å². The highest BCUT2D eigenvalue weighted by Crippen LogP contribution is 2.31. The number of nitrogens with zero attached hydrogens (tertiary/aromatic N) is 4. The zero-order valence-corrected chi connectivity index (χ0v) is 22.6. The Morgan fingerprint density at radius 1 is 1.07 bits per heavy atom. The molecule has 1 saturated heterocycles. The SMILES string of the molecule is O=C1CCC(N2C(=O)C=C(Nc3cccc(C(CC(=O)Nc4cccc(C(F)(F)F)c4)NCc4nn[nH]n4)c3)C2=O)C(=O)N1. The number of tetrazole rings is 1. The summed E-state index contributed by atoms with van der Waals surface area (Å²) in [6.45, 7) is 0.0781. The Morgan fingerprint density at radius 2 is 1.84 bits per heavy atom. The number of H-pyrrole nitrogens is 1. The summed E-state index contributed by atoms with van der Waals surface area (Å²) in [5.74, 6) is -2.99. The van der Waals surface area contributed by atoms with Crippen molar-refractivity contribution in [2.45, 2.75) is 44.1 Å². The van der Waals surface area contributed by atoms with Crippen molar-refractivity contribution in [3.63, 3.8) is 0 Å². The van der Waals surface area contributed by atoms with Crippen molar-refractivity contribution < 1.29 is 37.1 Å². The fourth-order valence-electron chi connectivity index (χ4n) is 4.74. The number of anilines is 2. The number of alkyl halides is 3. The third-order valence-electron chi connectivity index (χ3n) is 6.80. The normalized spacial score (nSPS) is 17.8. The van der Waals surface area contributed by atoms with Gasteiger partial charge in [-0.25, -0.2) is 0 Å². The Morgan fingerprint density at radius 3 is 2.57 bits per heavy atom. The first-order chi connectivity index (χ1) is 21.0. The van der Waals surface area contributed by atoms with Crippen LogP contribution < -0.4 is 21.3 Å². The van der Waals surface area contributed by atoms with Crippen LogP contribution in [0.4, 0.5) is 24.5 Å². The van der Waals surface area contributed by atoms with Crippen LogP contribution in [0.2, 0.25) is 0 Å². The first-order valence-electron chi connectivity index (χ1n) is 13.2. The molecular formula is C27H24F3N9O5. The van der Waals surface area contributed by atoms with Crippen molar-refractivity contribution in [3.8, 4) is 0 Å². The molecule has 44 heavy (non-hydrogen) atoms. The third kappa shape index (κ3) is 6.95. The van der Waals surface area contributed by atoms with Crippen LogP contribution >= 0.6 is 0 Å². The van der Waals surface area contributed by atoms with Gasteiger partial charge in [0.25, 0.3) is 11.8 Å². The van der Waals surface area contributed by atoms with E-state index in [1.54, 1.807) is 24.3 Å². The molecule has 3 aromatic rings. The van der Waals surface area contributed by atoms with Crippen LogP contribution in [0.25, 0.3) is 0 Å². The maximum Gasteiger partial charge on any atom is 0.416 e. The summed E-state index contributed by atoms with van der Waals surface area (Å²) < 4.78 is 39.4. The molecule has 2 unspecified atom stereocenters. The molecule has 0 radical (unpaired) electrons. The Hall–Kier alpha value is -5.45. The molecule has 5 N–H and O–H groups in total. The standard InChI is InChI=1S/C27H24F3N9O5/c28-27(29,30)15-4-2-6-17(10-15)33-23(41)11-18(31-13-21-35-37-38-36-21)14-3-1-5-16(9-14)32-19-12-24(42)39(26(19)44)20-7-8-22(40)34-25(20)43/h1-6,9-10,12,18,20,31-32H,7-8,11,13H2,(H,33,41)(H,34,40,43)(H,35,36,37,38). The first-order valence-corrected chi connectivity index (χ1v) is 13.2. The van der Waals surface area contributed by atoms with E-state index in [1.165, 1.54) is 12.1 Å². The number of piperidine rings is 1. The van der Waals surface area contributed by atoms with Crippen LogP contribution in [0, 0.1) is 0 Å². The van der Waals surface area contributed by atoms with E-state index in [1.807, 2.05) is 0 Å². The molecule has 2 aliphatic heterocycles. The van der Waals surface area contributed by atoms with Gasteiger partial charge in [0.15, 0.2) is 5.82 Å². The molecule has 0 saturated carbocycles. The van der Waals surface area contributed by atoms with Gasteiger partial charge in [0.2, 0.25) is 17.7 Å². The number of amides is 5. The predicted molar refractivity (Wildman–Crippen MR) is 145 cm³/mol. The topological polar surface area (TPSA) is 191 Å². The minimum atomic E-state index is -4.58. The molecular weight excluding hydrogens is 587 g/mol. The number of aromatic nitrogens is 4. The molecule has 0 bridgehead atoms. The lowest BCUT2D eigenvalue weighted by Gasteiger charge is -2.28. The van der Waals surface area contributed by atoms with Gasteiger partial charge in [0, 0.05) is 36.3 Å². The molecule has 2 aliphatic rings. The third-order valence-corrected chi connectivity index (χ3v) is 6.80. The molecule has 0 spiro atoms. The van der Waals surface area contributed by atoms with E-state index in [4.69, 9.17) is 0 Å². The lowest BCUT2D eigenvalue weighted by Crippen LogP contribution is -2.54. The largest absolute Gasteiger partial charge is 0.416 e. The van der Waals surface area contributed by atoms with Gasteiger partial charge in [-0.15, -0.1) is 10.2 Å². The highest BCUT2D eigenvalue weighted by Gasteiger charge is 2.42. The van der Waals surface area contributed by atoms with E-state index in [0.29, 0.717) is 11.3 Å². The molecule has 228 valence electrons. The Labute approximate surface area is 246 Å². The minimum Gasteiger partial charge on any atom is -0.351 e.